The van der Waals surface area contributed by atoms with E-state index in [0.29, 0.717) is 24.4 Å². The molecule has 2 heterocycles. The second-order valence-electron chi connectivity index (χ2n) is 7.98. The van der Waals surface area contributed by atoms with E-state index in [0.717, 1.165) is 51.1 Å². The van der Waals surface area contributed by atoms with Crippen LogP contribution in [-0.2, 0) is 19.1 Å². The van der Waals surface area contributed by atoms with Gasteiger partial charge in [-0.1, -0.05) is 0 Å². The van der Waals surface area contributed by atoms with Crippen LogP contribution in [0, 0.1) is 0 Å². The number of carbonyl (C=O) groups excluding carboxylic acids is 3. The van der Waals surface area contributed by atoms with E-state index in [9.17, 15) is 14.4 Å². The summed E-state index contributed by atoms with van der Waals surface area (Å²) in [6, 6.07) is 5.42. The molecule has 1 atom stereocenters. The van der Waals surface area contributed by atoms with Gasteiger partial charge in [-0.25, -0.2) is 0 Å². The Labute approximate surface area is 183 Å². The van der Waals surface area contributed by atoms with Gasteiger partial charge in [0.1, 0.15) is 0 Å². The average Bonchev–Trinajstić information content (AvgIpc) is 3.30. The monoisotopic (exact) mass is 431 g/mol. The number of carbonyl (C=O) groups is 3. The minimum Gasteiger partial charge on any atom is -0.466 e. The number of hydrogen-bond acceptors (Lipinski definition) is 6. The van der Waals surface area contributed by atoms with Crippen LogP contribution >= 0.6 is 0 Å². The highest BCUT2D eigenvalue weighted by atomic mass is 16.5. The number of esters is 1. The van der Waals surface area contributed by atoms with Gasteiger partial charge in [-0.05, 0) is 57.2 Å². The molecule has 2 saturated heterocycles. The molecule has 1 unspecified atom stereocenters. The summed E-state index contributed by atoms with van der Waals surface area (Å²) >= 11 is 0. The Morgan fingerprint density at radius 1 is 1.13 bits per heavy atom. The third-order valence-corrected chi connectivity index (χ3v) is 5.60. The third-order valence-electron chi connectivity index (χ3n) is 5.60. The van der Waals surface area contributed by atoms with E-state index >= 15 is 0 Å². The molecule has 2 N–H and O–H groups in total. The zero-order chi connectivity index (χ0) is 22.1. The first-order valence-corrected chi connectivity index (χ1v) is 11.3. The van der Waals surface area contributed by atoms with Crippen LogP contribution in [0.25, 0.3) is 0 Å². The predicted octanol–water partition coefficient (Wildman–Crippen LogP) is 2.87. The quantitative estimate of drug-likeness (QED) is 0.584. The Hall–Kier alpha value is -2.61. The summed E-state index contributed by atoms with van der Waals surface area (Å²) in [5.41, 5.74) is 1.97. The summed E-state index contributed by atoms with van der Waals surface area (Å²) in [4.78, 5) is 39.0. The molecule has 0 radical (unpaired) electrons. The van der Waals surface area contributed by atoms with E-state index in [4.69, 9.17) is 9.47 Å². The van der Waals surface area contributed by atoms with Gasteiger partial charge in [-0.15, -0.1) is 0 Å². The molecule has 2 aliphatic heterocycles. The van der Waals surface area contributed by atoms with Gasteiger partial charge in [-0.2, -0.15) is 0 Å². The maximum Gasteiger partial charge on any atom is 0.306 e. The molecule has 8 heteroatoms. The molecule has 0 aliphatic carbocycles. The van der Waals surface area contributed by atoms with Crippen molar-refractivity contribution in [3.8, 4) is 0 Å². The fourth-order valence-corrected chi connectivity index (χ4v) is 3.99. The molecule has 8 nitrogen and oxygen atoms in total. The number of ether oxygens (including phenoxy) is 2. The van der Waals surface area contributed by atoms with Crippen molar-refractivity contribution in [2.45, 2.75) is 58.0 Å². The Kier molecular flexibility index (Phi) is 8.70. The molecular weight excluding hydrogens is 398 g/mol. The predicted molar refractivity (Wildman–Crippen MR) is 118 cm³/mol. The van der Waals surface area contributed by atoms with Crippen molar-refractivity contribution in [3.05, 3.63) is 23.8 Å². The van der Waals surface area contributed by atoms with E-state index < -0.39 is 5.97 Å². The van der Waals surface area contributed by atoms with Crippen molar-refractivity contribution in [2.75, 3.05) is 43.1 Å². The number of rotatable bonds is 9. The first-order valence-electron chi connectivity index (χ1n) is 11.3. The maximum atomic E-state index is 13.0. The highest BCUT2D eigenvalue weighted by Gasteiger charge is 2.22. The SMILES string of the molecule is CCOC(=O)CCC(=O)Nc1ccc(N2CCCCC2)c(C(=O)NCC2CCCO2)c1. The van der Waals surface area contributed by atoms with Crippen LogP contribution in [0.3, 0.4) is 0 Å². The molecule has 2 fully saturated rings. The lowest BCUT2D eigenvalue weighted by molar-refractivity contribution is -0.144. The third kappa shape index (κ3) is 6.95. The Balaban J connectivity index is 1.68. The molecule has 31 heavy (non-hydrogen) atoms. The molecule has 1 aromatic rings. The number of hydrogen-bond donors (Lipinski definition) is 2. The lowest BCUT2D eigenvalue weighted by atomic mass is 10.1. The molecule has 2 aliphatic rings. The van der Waals surface area contributed by atoms with Crippen LogP contribution in [0.5, 0.6) is 0 Å². The Morgan fingerprint density at radius 2 is 1.94 bits per heavy atom. The summed E-state index contributed by atoms with van der Waals surface area (Å²) in [6.45, 7) is 5.08. The number of nitrogens with zero attached hydrogens (tertiary/aromatic N) is 1. The molecule has 0 spiro atoms. The van der Waals surface area contributed by atoms with Gasteiger partial charge >= 0.3 is 5.97 Å². The molecule has 2 amide bonds. The smallest absolute Gasteiger partial charge is 0.306 e. The van der Waals surface area contributed by atoms with E-state index in [1.807, 2.05) is 12.1 Å². The van der Waals surface area contributed by atoms with Gasteiger partial charge in [0.15, 0.2) is 0 Å². The zero-order valence-electron chi connectivity index (χ0n) is 18.3. The maximum absolute atomic E-state index is 13.0. The van der Waals surface area contributed by atoms with Crippen molar-refractivity contribution < 1.29 is 23.9 Å². The lowest BCUT2D eigenvalue weighted by Gasteiger charge is -2.30. The zero-order valence-corrected chi connectivity index (χ0v) is 18.3. The standard InChI is InChI=1S/C23H33N3O5/c1-2-30-22(28)11-10-21(27)25-17-8-9-20(26-12-4-3-5-13-26)19(15-17)23(29)24-16-18-7-6-14-31-18/h8-9,15,18H,2-7,10-14,16H2,1H3,(H,24,29)(H,25,27). The number of anilines is 2. The fourth-order valence-electron chi connectivity index (χ4n) is 3.99. The van der Waals surface area contributed by atoms with Gasteiger partial charge in [0.25, 0.3) is 5.91 Å². The van der Waals surface area contributed by atoms with Crippen molar-refractivity contribution in [2.24, 2.45) is 0 Å². The summed E-state index contributed by atoms with van der Waals surface area (Å²) in [7, 11) is 0. The van der Waals surface area contributed by atoms with Crippen LogP contribution in [-0.4, -0.2) is 56.7 Å². The van der Waals surface area contributed by atoms with Gasteiger partial charge in [0.05, 0.1) is 24.7 Å². The first-order chi connectivity index (χ1) is 15.1. The van der Waals surface area contributed by atoms with Gasteiger partial charge in [0.2, 0.25) is 5.91 Å². The molecule has 170 valence electrons. The average molecular weight is 432 g/mol. The number of amides is 2. The number of nitrogens with one attached hydrogen (secondary N) is 2. The number of piperidine rings is 1. The minimum atomic E-state index is -0.396. The van der Waals surface area contributed by atoms with Gasteiger partial charge in [0, 0.05) is 44.0 Å². The molecule has 0 bridgehead atoms. The van der Waals surface area contributed by atoms with Crippen LogP contribution in [0.15, 0.2) is 18.2 Å². The van der Waals surface area contributed by atoms with Crippen LogP contribution < -0.4 is 15.5 Å². The highest BCUT2D eigenvalue weighted by Crippen LogP contribution is 2.27. The van der Waals surface area contributed by atoms with E-state index in [1.54, 1.807) is 13.0 Å². The van der Waals surface area contributed by atoms with Gasteiger partial charge < -0.3 is 25.0 Å². The van der Waals surface area contributed by atoms with Crippen molar-refractivity contribution in [1.29, 1.82) is 0 Å². The molecule has 0 aromatic heterocycles. The topological polar surface area (TPSA) is 97.0 Å². The van der Waals surface area contributed by atoms with Crippen molar-refractivity contribution in [3.63, 3.8) is 0 Å². The summed E-state index contributed by atoms with van der Waals surface area (Å²) < 4.78 is 10.5. The van der Waals surface area contributed by atoms with E-state index in [-0.39, 0.29) is 30.8 Å². The van der Waals surface area contributed by atoms with Gasteiger partial charge in [-0.3, -0.25) is 14.4 Å². The lowest BCUT2D eigenvalue weighted by Crippen LogP contribution is -2.35. The minimum absolute atomic E-state index is 0.0280. The van der Waals surface area contributed by atoms with E-state index in [2.05, 4.69) is 15.5 Å². The first kappa shape index (κ1) is 23.1. The summed E-state index contributed by atoms with van der Waals surface area (Å²) in [6.07, 6.45) is 5.50. The molecule has 3 rings (SSSR count). The molecule has 0 saturated carbocycles. The Morgan fingerprint density at radius 3 is 2.65 bits per heavy atom. The molecule has 1 aromatic carbocycles. The molecular formula is C23H33N3O5. The number of benzene rings is 1. The van der Waals surface area contributed by atoms with Crippen LogP contribution in [0.1, 0.15) is 62.2 Å². The summed E-state index contributed by atoms with van der Waals surface area (Å²) in [5, 5.41) is 5.78. The van der Waals surface area contributed by atoms with Crippen LogP contribution in [0.2, 0.25) is 0 Å². The normalized spacial score (nSPS) is 18.5. The highest BCUT2D eigenvalue weighted by molar-refractivity contribution is 6.02. The second kappa shape index (κ2) is 11.7. The van der Waals surface area contributed by atoms with E-state index in [1.165, 1.54) is 6.42 Å². The van der Waals surface area contributed by atoms with Crippen LogP contribution in [0.4, 0.5) is 11.4 Å². The summed E-state index contributed by atoms with van der Waals surface area (Å²) in [5.74, 6) is -0.851. The largest absolute Gasteiger partial charge is 0.466 e. The Bertz CT molecular complexity index is 770. The fraction of sp³-hybridized carbons (Fsp3) is 0.609. The second-order valence-corrected chi connectivity index (χ2v) is 7.98. The van der Waals surface area contributed by atoms with Crippen molar-refractivity contribution in [1.82, 2.24) is 5.32 Å². The van der Waals surface area contributed by atoms with Crippen molar-refractivity contribution >= 4 is 29.2 Å².